The zero-order valence-corrected chi connectivity index (χ0v) is 20.3. The maximum Gasteiger partial charge on any atom is 0.302 e. The van der Waals surface area contributed by atoms with Crippen LogP contribution in [0.3, 0.4) is 0 Å². The Kier molecular flexibility index (Phi) is 5.72. The fraction of sp³-hybridized carbons (Fsp3) is 0.759. The highest BCUT2D eigenvalue weighted by Gasteiger charge is 2.64. The molecule has 0 bridgehead atoms. The first kappa shape index (κ1) is 22.4. The third kappa shape index (κ3) is 3.54. The molecule has 0 amide bonds. The van der Waals surface area contributed by atoms with Crippen molar-refractivity contribution in [1.29, 1.82) is 0 Å². The lowest BCUT2D eigenvalue weighted by Crippen LogP contribution is -2.57. The zero-order valence-electron chi connectivity index (χ0n) is 20.3. The molecule has 4 aliphatic carbocycles. The first-order valence-electron chi connectivity index (χ1n) is 13.2. The first-order valence-corrected chi connectivity index (χ1v) is 13.2. The van der Waals surface area contributed by atoms with E-state index in [0.29, 0.717) is 17.3 Å². The van der Waals surface area contributed by atoms with Crippen molar-refractivity contribution in [3.8, 4) is 0 Å². The largest absolute Gasteiger partial charge is 0.463 e. The van der Waals surface area contributed by atoms with Crippen LogP contribution in [0, 0.1) is 34.5 Å². The van der Waals surface area contributed by atoms with Crippen LogP contribution in [0.1, 0.15) is 90.5 Å². The fourth-order valence-corrected chi connectivity index (χ4v) is 9.08. The maximum absolute atomic E-state index is 12.0. The highest BCUT2D eigenvalue weighted by molar-refractivity contribution is 5.66. The van der Waals surface area contributed by atoms with Gasteiger partial charge in [0.1, 0.15) is 6.10 Å². The number of rotatable bonds is 4. The quantitative estimate of drug-likeness (QED) is 0.559. The van der Waals surface area contributed by atoms with Crippen molar-refractivity contribution in [2.75, 3.05) is 0 Å². The number of esters is 1. The molecule has 1 aromatic rings. The lowest BCUT2D eigenvalue weighted by atomic mass is 9.44. The predicted octanol–water partition coefficient (Wildman–Crippen LogP) is 6.32. The van der Waals surface area contributed by atoms with Gasteiger partial charge in [-0.05, 0) is 111 Å². The van der Waals surface area contributed by atoms with E-state index in [0.717, 1.165) is 43.9 Å². The molecule has 1 aromatic carbocycles. The molecule has 8 atom stereocenters. The van der Waals surface area contributed by atoms with Gasteiger partial charge in [-0.2, -0.15) is 0 Å². The monoisotopic (exact) mass is 438 g/mol. The maximum atomic E-state index is 12.0. The molecule has 0 aromatic heterocycles. The summed E-state index contributed by atoms with van der Waals surface area (Å²) in [6.45, 7) is 6.53. The van der Waals surface area contributed by atoms with E-state index in [9.17, 15) is 9.90 Å². The van der Waals surface area contributed by atoms with Crippen molar-refractivity contribution < 1.29 is 14.6 Å². The molecule has 4 fully saturated rings. The van der Waals surface area contributed by atoms with Gasteiger partial charge in [0.25, 0.3) is 0 Å². The van der Waals surface area contributed by atoms with Crippen molar-refractivity contribution in [2.24, 2.45) is 34.5 Å². The third-order valence-electron chi connectivity index (χ3n) is 10.9. The van der Waals surface area contributed by atoms with Gasteiger partial charge in [0.2, 0.25) is 0 Å². The summed E-state index contributed by atoms with van der Waals surface area (Å²) < 4.78 is 5.63. The first-order chi connectivity index (χ1) is 15.3. The van der Waals surface area contributed by atoms with Crippen LogP contribution in [0.15, 0.2) is 30.3 Å². The average molecular weight is 439 g/mol. The number of carbonyl (C=O) groups excluding carboxylic acids is 1. The molecule has 5 rings (SSSR count). The Morgan fingerprint density at radius 3 is 2.50 bits per heavy atom. The Morgan fingerprint density at radius 2 is 1.75 bits per heavy atom. The molecule has 4 saturated carbocycles. The van der Waals surface area contributed by atoms with E-state index in [1.165, 1.54) is 44.1 Å². The Balaban J connectivity index is 1.31. The van der Waals surface area contributed by atoms with Gasteiger partial charge in [0.05, 0.1) is 5.60 Å². The topological polar surface area (TPSA) is 46.5 Å². The Morgan fingerprint density at radius 1 is 1.00 bits per heavy atom. The molecule has 0 spiro atoms. The molecule has 0 saturated heterocycles. The van der Waals surface area contributed by atoms with Gasteiger partial charge in [-0.25, -0.2) is 0 Å². The molecule has 32 heavy (non-hydrogen) atoms. The van der Waals surface area contributed by atoms with Gasteiger partial charge >= 0.3 is 5.97 Å². The molecule has 0 aliphatic heterocycles. The highest BCUT2D eigenvalue weighted by Crippen LogP contribution is 2.68. The number of aryl methyl sites for hydroxylation is 1. The van der Waals surface area contributed by atoms with Crippen LogP contribution < -0.4 is 0 Å². The van der Waals surface area contributed by atoms with Crippen LogP contribution in [-0.2, 0) is 16.0 Å². The second kappa shape index (κ2) is 8.15. The Hall–Kier alpha value is -1.35. The zero-order chi connectivity index (χ0) is 22.6. The number of fused-ring (bicyclic) bond motifs is 5. The van der Waals surface area contributed by atoms with Crippen molar-refractivity contribution >= 4 is 5.97 Å². The van der Waals surface area contributed by atoms with Crippen molar-refractivity contribution in [3.05, 3.63) is 35.9 Å². The van der Waals surface area contributed by atoms with Gasteiger partial charge < -0.3 is 9.84 Å². The molecule has 3 heteroatoms. The summed E-state index contributed by atoms with van der Waals surface area (Å²) in [6.07, 6.45) is 12.4. The summed E-state index contributed by atoms with van der Waals surface area (Å²) in [5.74, 6) is 2.75. The Labute approximate surface area is 194 Å². The van der Waals surface area contributed by atoms with Gasteiger partial charge in [0, 0.05) is 6.92 Å². The molecule has 4 aliphatic rings. The summed E-state index contributed by atoms with van der Waals surface area (Å²) in [7, 11) is 0. The number of hydrogen-bond acceptors (Lipinski definition) is 3. The average Bonchev–Trinajstić information content (AvgIpc) is 3.04. The van der Waals surface area contributed by atoms with Gasteiger partial charge in [0.15, 0.2) is 0 Å². The lowest BCUT2D eigenvalue weighted by molar-refractivity contribution is -0.170. The molecular weight excluding hydrogens is 396 g/mol. The number of benzene rings is 1. The van der Waals surface area contributed by atoms with Crippen molar-refractivity contribution in [3.63, 3.8) is 0 Å². The molecule has 0 radical (unpaired) electrons. The summed E-state index contributed by atoms with van der Waals surface area (Å²) in [5, 5.41) is 12.0. The fourth-order valence-electron chi connectivity index (χ4n) is 9.08. The van der Waals surface area contributed by atoms with Crippen molar-refractivity contribution in [2.45, 2.75) is 103 Å². The van der Waals surface area contributed by atoms with Gasteiger partial charge in [-0.1, -0.05) is 44.2 Å². The van der Waals surface area contributed by atoms with Crippen LogP contribution in [0.4, 0.5) is 0 Å². The summed E-state index contributed by atoms with van der Waals surface area (Å²) in [4.78, 5) is 11.5. The number of ether oxygens (including phenoxy) is 1. The SMILES string of the molecule is CC(=O)O[C@H]1CC[C@]2(C)[C@H](CC[C@@H]3[C@H]4CC[C@@](O)(CCc5ccccc5)[C@@]4(C)CC[C@@H]32)C1. The minimum absolute atomic E-state index is 0.0566. The number of aliphatic hydroxyl groups is 1. The minimum Gasteiger partial charge on any atom is -0.463 e. The van der Waals surface area contributed by atoms with Crippen LogP contribution >= 0.6 is 0 Å². The molecular formula is C29H42O3. The smallest absolute Gasteiger partial charge is 0.302 e. The molecule has 1 N–H and O–H groups in total. The Bertz CT molecular complexity index is 836. The second-order valence-corrected chi connectivity index (χ2v) is 12.2. The third-order valence-corrected chi connectivity index (χ3v) is 10.9. The van der Waals surface area contributed by atoms with Crippen LogP contribution in [0.2, 0.25) is 0 Å². The van der Waals surface area contributed by atoms with E-state index in [1.807, 2.05) is 0 Å². The lowest BCUT2D eigenvalue weighted by Gasteiger charge is -2.61. The minimum atomic E-state index is -0.525. The predicted molar refractivity (Wildman–Crippen MR) is 127 cm³/mol. The molecule has 0 heterocycles. The van der Waals surface area contributed by atoms with Crippen molar-refractivity contribution in [1.82, 2.24) is 0 Å². The molecule has 0 unspecified atom stereocenters. The van der Waals surface area contributed by atoms with Gasteiger partial charge in [-0.3, -0.25) is 4.79 Å². The number of carbonyl (C=O) groups is 1. The summed E-state index contributed by atoms with van der Waals surface area (Å²) in [6, 6.07) is 10.7. The normalized spacial score (nSPS) is 45.4. The van der Waals surface area contributed by atoms with E-state index >= 15 is 0 Å². The van der Waals surface area contributed by atoms with Crippen LogP contribution in [0.25, 0.3) is 0 Å². The van der Waals surface area contributed by atoms with E-state index in [-0.39, 0.29) is 17.5 Å². The second-order valence-electron chi connectivity index (χ2n) is 12.2. The van der Waals surface area contributed by atoms with E-state index < -0.39 is 5.60 Å². The molecule has 3 nitrogen and oxygen atoms in total. The summed E-state index contributed by atoms with van der Waals surface area (Å²) >= 11 is 0. The van der Waals surface area contributed by atoms with E-state index in [2.05, 4.69) is 44.2 Å². The summed E-state index contributed by atoms with van der Waals surface area (Å²) in [5.41, 5.74) is 1.26. The highest BCUT2D eigenvalue weighted by atomic mass is 16.5. The van der Waals surface area contributed by atoms with Crippen LogP contribution in [-0.4, -0.2) is 22.8 Å². The standard InChI is InChI=1S/C29H42O3/c1-20(30)32-23-12-15-27(2)22(19-23)9-10-24-25(27)13-16-28(3)26(24)14-18-29(28,31)17-11-21-7-5-4-6-8-21/h4-8,22-26,31H,9-19H2,1-3H3/t22-,23+,24+,25+,26-,27-,28+,29+/m1/s1. The van der Waals surface area contributed by atoms with E-state index in [1.54, 1.807) is 6.92 Å². The van der Waals surface area contributed by atoms with Crippen LogP contribution in [0.5, 0.6) is 0 Å². The number of hydrogen-bond donors (Lipinski definition) is 1. The van der Waals surface area contributed by atoms with E-state index in [4.69, 9.17) is 4.74 Å². The molecule has 176 valence electrons. The van der Waals surface area contributed by atoms with Gasteiger partial charge in [-0.15, -0.1) is 0 Å².